The first-order valence-electron chi connectivity index (χ1n) is 7.99. The molecule has 2 amide bonds. The fourth-order valence-electron chi connectivity index (χ4n) is 2.25. The zero-order valence-electron chi connectivity index (χ0n) is 13.7. The van der Waals surface area contributed by atoms with Crippen LogP contribution < -0.4 is 10.1 Å². The first-order valence-corrected chi connectivity index (χ1v) is 7.99. The van der Waals surface area contributed by atoms with Crippen molar-refractivity contribution in [2.45, 2.75) is 32.3 Å². The second-order valence-electron chi connectivity index (χ2n) is 5.60. The molecule has 1 heterocycles. The molecule has 1 N–H and O–H groups in total. The normalized spacial score (nSPS) is 17.9. The van der Waals surface area contributed by atoms with E-state index >= 15 is 0 Å². The van der Waals surface area contributed by atoms with Crippen LogP contribution in [-0.4, -0.2) is 49.6 Å². The topological polar surface area (TPSA) is 67.9 Å². The Bertz CT molecular complexity index is 530. The van der Waals surface area contributed by atoms with Crippen LogP contribution in [0.15, 0.2) is 24.3 Å². The van der Waals surface area contributed by atoms with Crippen LogP contribution >= 0.6 is 0 Å². The predicted molar refractivity (Wildman–Crippen MR) is 87.5 cm³/mol. The molecule has 0 unspecified atom stereocenters. The molecule has 126 valence electrons. The third-order valence-electron chi connectivity index (χ3n) is 3.67. The van der Waals surface area contributed by atoms with Gasteiger partial charge in [0, 0.05) is 19.3 Å². The number of rotatable bonds is 7. The van der Waals surface area contributed by atoms with Gasteiger partial charge in [-0.2, -0.15) is 0 Å². The van der Waals surface area contributed by atoms with Crippen LogP contribution in [0.1, 0.15) is 26.2 Å². The molecule has 1 fully saturated rings. The molecule has 1 aromatic rings. The lowest BCUT2D eigenvalue weighted by Gasteiger charge is -2.29. The number of nitrogens with one attached hydrogen (secondary N) is 1. The molecule has 23 heavy (non-hydrogen) atoms. The molecule has 6 nitrogen and oxygen atoms in total. The van der Waals surface area contributed by atoms with E-state index in [0.29, 0.717) is 25.4 Å². The van der Waals surface area contributed by atoms with E-state index in [-0.39, 0.29) is 18.2 Å². The Morgan fingerprint density at radius 1 is 1.39 bits per heavy atom. The van der Waals surface area contributed by atoms with Gasteiger partial charge in [0.15, 0.2) is 0 Å². The fourth-order valence-corrected chi connectivity index (χ4v) is 2.25. The van der Waals surface area contributed by atoms with Gasteiger partial charge in [0.2, 0.25) is 5.91 Å². The number of hydrogen-bond acceptors (Lipinski definition) is 4. The van der Waals surface area contributed by atoms with Crippen molar-refractivity contribution in [2.24, 2.45) is 0 Å². The van der Waals surface area contributed by atoms with Gasteiger partial charge in [-0.25, -0.2) is 0 Å². The van der Waals surface area contributed by atoms with Gasteiger partial charge in [0.25, 0.3) is 5.91 Å². The summed E-state index contributed by atoms with van der Waals surface area (Å²) in [4.78, 5) is 25.5. The van der Waals surface area contributed by atoms with Gasteiger partial charge in [-0.15, -0.1) is 0 Å². The van der Waals surface area contributed by atoms with E-state index in [1.54, 1.807) is 24.1 Å². The first-order chi connectivity index (χ1) is 11.1. The van der Waals surface area contributed by atoms with E-state index in [1.807, 2.05) is 12.1 Å². The number of hydrogen-bond donors (Lipinski definition) is 1. The zero-order chi connectivity index (χ0) is 16.7. The molecule has 2 rings (SSSR count). The van der Waals surface area contributed by atoms with E-state index in [9.17, 15) is 9.59 Å². The second kappa shape index (κ2) is 8.53. The Morgan fingerprint density at radius 2 is 2.13 bits per heavy atom. The van der Waals surface area contributed by atoms with Crippen molar-refractivity contribution in [1.29, 1.82) is 0 Å². The molecule has 1 aliphatic rings. The standard InChI is InChI=1S/C17H24N2O4/c1-3-4-10-22-14-7-5-13(6-8-14)18-16(20)12-15-17(21)19(2)9-11-23-15/h5-8,15H,3-4,9-12H2,1-2H3,(H,18,20)/t15-/m1/s1. The van der Waals surface area contributed by atoms with Crippen LogP contribution in [0.5, 0.6) is 5.75 Å². The predicted octanol–water partition coefficient (Wildman–Crippen LogP) is 2.05. The molecule has 0 saturated carbocycles. The Kier molecular flexibility index (Phi) is 6.40. The van der Waals surface area contributed by atoms with E-state index in [4.69, 9.17) is 9.47 Å². The highest BCUT2D eigenvalue weighted by atomic mass is 16.5. The average molecular weight is 320 g/mol. The van der Waals surface area contributed by atoms with Gasteiger partial charge in [0.05, 0.1) is 19.6 Å². The zero-order valence-corrected chi connectivity index (χ0v) is 13.7. The minimum Gasteiger partial charge on any atom is -0.494 e. The number of benzene rings is 1. The van der Waals surface area contributed by atoms with E-state index in [0.717, 1.165) is 18.6 Å². The monoisotopic (exact) mass is 320 g/mol. The summed E-state index contributed by atoms with van der Waals surface area (Å²) >= 11 is 0. The third-order valence-corrected chi connectivity index (χ3v) is 3.67. The van der Waals surface area contributed by atoms with Gasteiger partial charge in [-0.3, -0.25) is 9.59 Å². The quantitative estimate of drug-likeness (QED) is 0.781. The Hall–Kier alpha value is -2.08. The lowest BCUT2D eigenvalue weighted by atomic mass is 10.2. The molecule has 1 saturated heterocycles. The molecule has 0 bridgehead atoms. The summed E-state index contributed by atoms with van der Waals surface area (Å²) in [5.41, 5.74) is 0.675. The molecule has 6 heteroatoms. The maximum absolute atomic E-state index is 12.0. The molecular weight excluding hydrogens is 296 g/mol. The minimum absolute atomic E-state index is 0.0257. The summed E-state index contributed by atoms with van der Waals surface area (Å²) < 4.78 is 10.9. The van der Waals surface area contributed by atoms with Gasteiger partial charge >= 0.3 is 0 Å². The van der Waals surface area contributed by atoms with Gasteiger partial charge < -0.3 is 19.7 Å². The summed E-state index contributed by atoms with van der Waals surface area (Å²) in [7, 11) is 1.72. The summed E-state index contributed by atoms with van der Waals surface area (Å²) in [5.74, 6) is 0.397. The van der Waals surface area contributed by atoms with Crippen LogP contribution in [0.4, 0.5) is 5.69 Å². The van der Waals surface area contributed by atoms with Crippen LogP contribution in [0.25, 0.3) is 0 Å². The number of morpholine rings is 1. The molecule has 1 aromatic carbocycles. The van der Waals surface area contributed by atoms with Crippen LogP contribution in [0, 0.1) is 0 Å². The highest BCUT2D eigenvalue weighted by molar-refractivity contribution is 5.95. The van der Waals surface area contributed by atoms with Crippen LogP contribution in [0.2, 0.25) is 0 Å². The number of carbonyl (C=O) groups is 2. The first kappa shape index (κ1) is 17.3. The van der Waals surface area contributed by atoms with Gasteiger partial charge in [-0.1, -0.05) is 13.3 Å². The molecular formula is C17H24N2O4. The number of carbonyl (C=O) groups excluding carboxylic acids is 2. The molecule has 0 aromatic heterocycles. The Morgan fingerprint density at radius 3 is 2.83 bits per heavy atom. The second-order valence-corrected chi connectivity index (χ2v) is 5.60. The number of likely N-dealkylation sites (N-methyl/N-ethyl adjacent to an activating group) is 1. The van der Waals surface area contributed by atoms with Crippen molar-refractivity contribution in [3.8, 4) is 5.75 Å². The molecule has 1 atom stereocenters. The van der Waals surface area contributed by atoms with Crippen molar-refractivity contribution < 1.29 is 19.1 Å². The van der Waals surface area contributed by atoms with Gasteiger partial charge in [-0.05, 0) is 30.7 Å². The average Bonchev–Trinajstić information content (AvgIpc) is 2.54. The van der Waals surface area contributed by atoms with Crippen LogP contribution in [-0.2, 0) is 14.3 Å². The molecule has 0 radical (unpaired) electrons. The summed E-state index contributed by atoms with van der Waals surface area (Å²) in [6, 6.07) is 7.21. The fraction of sp³-hybridized carbons (Fsp3) is 0.529. The number of nitrogens with zero attached hydrogens (tertiary/aromatic N) is 1. The summed E-state index contributed by atoms with van der Waals surface area (Å²) in [5, 5.41) is 2.77. The maximum atomic E-state index is 12.0. The largest absolute Gasteiger partial charge is 0.494 e. The van der Waals surface area contributed by atoms with E-state index in [1.165, 1.54) is 0 Å². The molecule has 0 aliphatic carbocycles. The number of anilines is 1. The smallest absolute Gasteiger partial charge is 0.252 e. The highest BCUT2D eigenvalue weighted by Crippen LogP contribution is 2.17. The van der Waals surface area contributed by atoms with Crippen molar-refractivity contribution in [1.82, 2.24) is 4.90 Å². The van der Waals surface area contributed by atoms with Crippen molar-refractivity contribution in [2.75, 3.05) is 32.1 Å². The van der Waals surface area contributed by atoms with Crippen LogP contribution in [0.3, 0.4) is 0 Å². The number of ether oxygens (including phenoxy) is 2. The van der Waals surface area contributed by atoms with Crippen molar-refractivity contribution in [3.63, 3.8) is 0 Å². The number of amides is 2. The third kappa shape index (κ3) is 5.25. The summed E-state index contributed by atoms with van der Waals surface area (Å²) in [6.07, 6.45) is 1.44. The van der Waals surface area contributed by atoms with E-state index < -0.39 is 6.10 Å². The minimum atomic E-state index is -0.689. The Balaban J connectivity index is 1.81. The molecule has 0 spiro atoms. The molecule has 1 aliphatic heterocycles. The van der Waals surface area contributed by atoms with E-state index in [2.05, 4.69) is 12.2 Å². The summed E-state index contributed by atoms with van der Waals surface area (Å²) in [6.45, 7) is 3.83. The highest BCUT2D eigenvalue weighted by Gasteiger charge is 2.29. The van der Waals surface area contributed by atoms with Crippen molar-refractivity contribution in [3.05, 3.63) is 24.3 Å². The van der Waals surface area contributed by atoms with Gasteiger partial charge in [0.1, 0.15) is 11.9 Å². The number of unbranched alkanes of at least 4 members (excludes halogenated alkanes) is 1. The lowest BCUT2D eigenvalue weighted by Crippen LogP contribution is -2.46. The Labute approximate surface area is 136 Å². The lowest BCUT2D eigenvalue weighted by molar-refractivity contribution is -0.153. The SMILES string of the molecule is CCCCOc1ccc(NC(=O)C[C@H]2OCCN(C)C2=O)cc1. The van der Waals surface area contributed by atoms with Crippen molar-refractivity contribution >= 4 is 17.5 Å². The maximum Gasteiger partial charge on any atom is 0.252 e.